The first kappa shape index (κ1) is 19.9. The lowest BCUT2D eigenvalue weighted by atomic mass is 10.2. The van der Waals surface area contributed by atoms with Gasteiger partial charge in [0.1, 0.15) is 11.6 Å². The second kappa shape index (κ2) is 7.83. The van der Waals surface area contributed by atoms with E-state index in [-0.39, 0.29) is 16.0 Å². The molecule has 2 aromatic rings. The highest BCUT2D eigenvalue weighted by molar-refractivity contribution is 9.10. The van der Waals surface area contributed by atoms with Gasteiger partial charge in [0, 0.05) is 6.08 Å². The van der Waals surface area contributed by atoms with Gasteiger partial charge in [-0.3, -0.25) is 0 Å². The third-order valence-electron chi connectivity index (χ3n) is 3.03. The van der Waals surface area contributed by atoms with E-state index in [1.165, 1.54) is 25.3 Å². The summed E-state index contributed by atoms with van der Waals surface area (Å²) in [6, 6.07) is 5.23. The molecule has 0 radical (unpaired) electrons. The second-order valence-corrected chi connectivity index (χ2v) is 7.13. The van der Waals surface area contributed by atoms with Crippen LogP contribution in [0.2, 0.25) is 0 Å². The Balaban J connectivity index is 2.50. The van der Waals surface area contributed by atoms with Crippen LogP contribution in [0.5, 0.6) is 11.5 Å². The molecule has 0 unspecified atom stereocenters. The Morgan fingerprint density at radius 1 is 1.23 bits per heavy atom. The van der Waals surface area contributed by atoms with E-state index < -0.39 is 32.6 Å². The average Bonchev–Trinajstić information content (AvgIpc) is 2.54. The summed E-state index contributed by atoms with van der Waals surface area (Å²) in [6.07, 6.45) is 2.11. The van der Waals surface area contributed by atoms with Gasteiger partial charge in [-0.1, -0.05) is 6.07 Å². The van der Waals surface area contributed by atoms with Gasteiger partial charge in [0.15, 0.2) is 16.4 Å². The number of halogens is 3. The van der Waals surface area contributed by atoms with Crippen molar-refractivity contribution in [2.75, 3.05) is 7.11 Å². The molecule has 26 heavy (non-hydrogen) atoms. The maximum atomic E-state index is 13.8. The van der Waals surface area contributed by atoms with Gasteiger partial charge < -0.3 is 14.0 Å². The Morgan fingerprint density at radius 3 is 2.38 bits per heavy atom. The van der Waals surface area contributed by atoms with Crippen molar-refractivity contribution in [2.24, 2.45) is 0 Å². The Bertz CT molecular complexity index is 968. The van der Waals surface area contributed by atoms with E-state index >= 15 is 0 Å². The van der Waals surface area contributed by atoms with Crippen LogP contribution in [0.15, 0.2) is 45.8 Å². The summed E-state index contributed by atoms with van der Waals surface area (Å²) in [7, 11) is -3.62. The minimum atomic E-state index is -4.84. The molecule has 0 aliphatic heterocycles. The lowest BCUT2D eigenvalue weighted by molar-refractivity contribution is -0.131. The number of carbonyl (C=O) groups is 1. The fraction of sp³-hybridized carbons (Fsp3) is 0.0625. The highest BCUT2D eigenvalue weighted by atomic mass is 79.9. The van der Waals surface area contributed by atoms with Crippen LogP contribution in [0.3, 0.4) is 0 Å². The van der Waals surface area contributed by atoms with Gasteiger partial charge in [0.2, 0.25) is 0 Å². The zero-order chi connectivity index (χ0) is 19.5. The highest BCUT2D eigenvalue weighted by Gasteiger charge is 2.28. The standard InChI is InChI=1S/C16H11BrF2O6S/c1-24-13-8-9(5-6-14(20)21)7-10(17)15(13)25-26(22,23)16-11(18)3-2-4-12(16)19/h2-8H,1H3,(H,20,21). The lowest BCUT2D eigenvalue weighted by Gasteiger charge is -2.14. The largest absolute Gasteiger partial charge is 0.493 e. The zero-order valence-corrected chi connectivity index (χ0v) is 15.5. The molecule has 0 fully saturated rings. The topological polar surface area (TPSA) is 89.9 Å². The Kier molecular flexibility index (Phi) is 5.98. The molecule has 1 N–H and O–H groups in total. The summed E-state index contributed by atoms with van der Waals surface area (Å²) in [5.41, 5.74) is 0.359. The number of hydrogen-bond acceptors (Lipinski definition) is 5. The quantitative estimate of drug-likeness (QED) is 0.536. The van der Waals surface area contributed by atoms with Crippen molar-refractivity contribution in [1.29, 1.82) is 0 Å². The predicted molar refractivity (Wildman–Crippen MR) is 91.5 cm³/mol. The molecule has 0 saturated carbocycles. The van der Waals surface area contributed by atoms with Crippen LogP contribution >= 0.6 is 15.9 Å². The van der Waals surface area contributed by atoms with Crippen LogP contribution in [0.25, 0.3) is 6.08 Å². The molecule has 0 heterocycles. The monoisotopic (exact) mass is 448 g/mol. The van der Waals surface area contributed by atoms with Crippen molar-refractivity contribution in [1.82, 2.24) is 0 Å². The van der Waals surface area contributed by atoms with Crippen molar-refractivity contribution in [3.63, 3.8) is 0 Å². The third kappa shape index (κ3) is 4.38. The zero-order valence-electron chi connectivity index (χ0n) is 13.1. The van der Waals surface area contributed by atoms with Crippen LogP contribution in [0.4, 0.5) is 8.78 Å². The second-order valence-electron chi connectivity index (χ2n) is 4.79. The fourth-order valence-electron chi connectivity index (χ4n) is 1.96. The molecule has 0 aromatic heterocycles. The van der Waals surface area contributed by atoms with Crippen LogP contribution in [-0.2, 0) is 14.9 Å². The lowest BCUT2D eigenvalue weighted by Crippen LogP contribution is -2.14. The average molecular weight is 449 g/mol. The summed E-state index contributed by atoms with van der Waals surface area (Å²) < 4.78 is 62.1. The fourth-order valence-corrected chi connectivity index (χ4v) is 3.69. The van der Waals surface area contributed by atoms with E-state index in [9.17, 15) is 22.0 Å². The number of benzene rings is 2. The van der Waals surface area contributed by atoms with E-state index in [4.69, 9.17) is 14.0 Å². The number of rotatable bonds is 6. The number of methoxy groups -OCH3 is 1. The number of ether oxygens (including phenoxy) is 1. The van der Waals surface area contributed by atoms with Gasteiger partial charge >= 0.3 is 16.1 Å². The number of carboxylic acids is 1. The molecule has 0 spiro atoms. The van der Waals surface area contributed by atoms with Crippen molar-refractivity contribution in [3.8, 4) is 11.5 Å². The Hall–Kier alpha value is -2.46. The molecule has 0 amide bonds. The van der Waals surface area contributed by atoms with Gasteiger partial charge in [-0.05, 0) is 51.8 Å². The van der Waals surface area contributed by atoms with Gasteiger partial charge in [-0.15, -0.1) is 0 Å². The van der Waals surface area contributed by atoms with Crippen molar-refractivity contribution in [2.45, 2.75) is 4.90 Å². The van der Waals surface area contributed by atoms with Crippen LogP contribution < -0.4 is 8.92 Å². The molecule has 0 saturated heterocycles. The van der Waals surface area contributed by atoms with Gasteiger partial charge in [-0.25, -0.2) is 13.6 Å². The number of hydrogen-bond donors (Lipinski definition) is 1. The first-order valence-corrected chi connectivity index (χ1v) is 9.03. The summed E-state index contributed by atoms with van der Waals surface area (Å²) in [5, 5.41) is 8.65. The molecule has 0 aliphatic rings. The molecule has 2 rings (SSSR count). The summed E-state index contributed by atoms with van der Waals surface area (Å²) in [5.74, 6) is -4.23. The van der Waals surface area contributed by atoms with E-state index in [1.807, 2.05) is 0 Å². The smallest absolute Gasteiger partial charge is 0.345 e. The van der Waals surface area contributed by atoms with E-state index in [2.05, 4.69) is 15.9 Å². The van der Waals surface area contributed by atoms with E-state index in [1.54, 1.807) is 0 Å². The third-order valence-corrected chi connectivity index (χ3v) is 4.90. The molecular formula is C16H11BrF2O6S. The Morgan fingerprint density at radius 2 is 1.85 bits per heavy atom. The van der Waals surface area contributed by atoms with Gasteiger partial charge in [0.25, 0.3) is 0 Å². The van der Waals surface area contributed by atoms with Crippen LogP contribution in [-0.4, -0.2) is 26.6 Å². The molecule has 0 bridgehead atoms. The minimum absolute atomic E-state index is 0.0715. The highest BCUT2D eigenvalue weighted by Crippen LogP contribution is 2.39. The van der Waals surface area contributed by atoms with Crippen LogP contribution in [0.1, 0.15) is 5.56 Å². The normalized spacial score (nSPS) is 11.5. The van der Waals surface area contributed by atoms with Gasteiger partial charge in [0.05, 0.1) is 11.6 Å². The molecule has 10 heteroatoms. The van der Waals surface area contributed by atoms with E-state index in [0.717, 1.165) is 24.3 Å². The summed E-state index contributed by atoms with van der Waals surface area (Å²) in [6.45, 7) is 0. The molecule has 138 valence electrons. The van der Waals surface area contributed by atoms with Crippen molar-refractivity contribution in [3.05, 3.63) is 58.1 Å². The molecule has 0 atom stereocenters. The molecular weight excluding hydrogens is 438 g/mol. The van der Waals surface area contributed by atoms with Crippen LogP contribution in [0, 0.1) is 11.6 Å². The number of carboxylic acid groups (broad SMARTS) is 1. The SMILES string of the molecule is COc1cc(C=CC(=O)O)cc(Br)c1OS(=O)(=O)c1c(F)cccc1F. The minimum Gasteiger partial charge on any atom is -0.493 e. The predicted octanol–water partition coefficient (Wildman–Crippen LogP) is 3.60. The van der Waals surface area contributed by atoms with E-state index in [0.29, 0.717) is 5.56 Å². The number of aliphatic carboxylic acids is 1. The first-order valence-electron chi connectivity index (χ1n) is 6.82. The maximum Gasteiger partial charge on any atom is 0.345 e. The molecule has 6 nitrogen and oxygen atoms in total. The summed E-state index contributed by atoms with van der Waals surface area (Å²) >= 11 is 3.07. The maximum absolute atomic E-state index is 13.8. The van der Waals surface area contributed by atoms with Gasteiger partial charge in [-0.2, -0.15) is 8.42 Å². The van der Waals surface area contributed by atoms with Crippen molar-refractivity contribution >= 4 is 38.1 Å². The first-order chi connectivity index (χ1) is 12.2. The van der Waals surface area contributed by atoms with Crippen molar-refractivity contribution < 1.29 is 36.0 Å². The molecule has 2 aromatic carbocycles. The summed E-state index contributed by atoms with van der Waals surface area (Å²) in [4.78, 5) is 9.35. The Labute approximate surface area is 155 Å². The molecule has 0 aliphatic carbocycles.